The van der Waals surface area contributed by atoms with Gasteiger partial charge in [0.1, 0.15) is 11.6 Å². The summed E-state index contributed by atoms with van der Waals surface area (Å²) in [5.74, 6) is -0.121. The molecule has 1 rings (SSSR count). The lowest BCUT2D eigenvalue weighted by molar-refractivity contribution is -0.112. The van der Waals surface area contributed by atoms with Crippen LogP contribution in [0.2, 0.25) is 10.0 Å². The van der Waals surface area contributed by atoms with Crippen LogP contribution in [0.3, 0.4) is 0 Å². The number of hydrogen-bond acceptors (Lipinski definition) is 3. The lowest BCUT2D eigenvalue weighted by atomic mass is 10.2. The van der Waals surface area contributed by atoms with Crippen molar-refractivity contribution in [3.05, 3.63) is 40.0 Å². The molecule has 0 aliphatic heterocycles. The van der Waals surface area contributed by atoms with Crippen LogP contribution in [0.5, 0.6) is 0 Å². The molecular weight excluding hydrogens is 297 g/mol. The zero-order valence-corrected chi connectivity index (χ0v) is 12.7. The third-order valence-electron chi connectivity index (χ3n) is 2.34. The molecule has 0 saturated carbocycles. The van der Waals surface area contributed by atoms with Gasteiger partial charge in [0.15, 0.2) is 0 Å². The lowest BCUT2D eigenvalue weighted by Gasteiger charge is -2.08. The number of amides is 1. The molecule has 1 amide bonds. The van der Waals surface area contributed by atoms with Gasteiger partial charge in [-0.1, -0.05) is 43.1 Å². The van der Waals surface area contributed by atoms with Crippen LogP contribution in [-0.4, -0.2) is 12.5 Å². The van der Waals surface area contributed by atoms with Gasteiger partial charge in [-0.25, -0.2) is 0 Å². The predicted octanol–water partition coefficient (Wildman–Crippen LogP) is 3.58. The van der Waals surface area contributed by atoms with Crippen LogP contribution in [0.25, 0.3) is 0 Å². The summed E-state index contributed by atoms with van der Waals surface area (Å²) in [5.41, 5.74) is 0.343. The van der Waals surface area contributed by atoms with Gasteiger partial charge in [-0.2, -0.15) is 5.26 Å². The number of carbonyl (C=O) groups is 1. The monoisotopic (exact) mass is 311 g/mol. The molecule has 0 aromatic heterocycles. The molecule has 0 aliphatic rings. The minimum absolute atomic E-state index is 0.0262. The number of halogens is 2. The fourth-order valence-electron chi connectivity index (χ4n) is 1.34. The second kappa shape index (κ2) is 7.78. The molecule has 6 heteroatoms. The highest BCUT2D eigenvalue weighted by atomic mass is 35.5. The van der Waals surface area contributed by atoms with Gasteiger partial charge in [0.2, 0.25) is 0 Å². The smallest absolute Gasteiger partial charge is 0.267 e. The molecule has 2 N–H and O–H groups in total. The van der Waals surface area contributed by atoms with E-state index < -0.39 is 5.91 Å². The maximum Gasteiger partial charge on any atom is 0.267 e. The van der Waals surface area contributed by atoms with E-state index in [1.807, 2.05) is 19.9 Å². The zero-order chi connectivity index (χ0) is 15.1. The predicted molar refractivity (Wildman–Crippen MR) is 81.6 cm³/mol. The first kappa shape index (κ1) is 16.4. The molecule has 0 aliphatic carbocycles. The summed E-state index contributed by atoms with van der Waals surface area (Å²) in [5, 5.41) is 15.0. The van der Waals surface area contributed by atoms with E-state index in [1.54, 1.807) is 18.2 Å². The highest BCUT2D eigenvalue weighted by Gasteiger charge is 2.12. The van der Waals surface area contributed by atoms with E-state index in [0.717, 1.165) is 0 Å². The fraction of sp³-hybridized carbons (Fsp3) is 0.286. The van der Waals surface area contributed by atoms with E-state index in [1.165, 1.54) is 6.20 Å². The molecule has 4 nitrogen and oxygen atoms in total. The molecular formula is C14H15Cl2N3O. The van der Waals surface area contributed by atoms with Gasteiger partial charge in [-0.05, 0) is 18.1 Å². The van der Waals surface area contributed by atoms with Crippen molar-refractivity contribution in [2.24, 2.45) is 5.92 Å². The van der Waals surface area contributed by atoms with Crippen molar-refractivity contribution in [3.63, 3.8) is 0 Å². The molecule has 0 atom stereocenters. The Morgan fingerprint density at radius 2 is 2.15 bits per heavy atom. The van der Waals surface area contributed by atoms with Crippen LogP contribution in [0.1, 0.15) is 13.8 Å². The summed E-state index contributed by atoms with van der Waals surface area (Å²) >= 11 is 11.8. The molecule has 0 radical (unpaired) electrons. The maximum atomic E-state index is 11.9. The Morgan fingerprint density at radius 3 is 2.75 bits per heavy atom. The Morgan fingerprint density at radius 1 is 1.45 bits per heavy atom. The summed E-state index contributed by atoms with van der Waals surface area (Å²) in [7, 11) is 0. The number of anilines is 1. The largest absolute Gasteiger partial charge is 0.389 e. The SMILES string of the molecule is CC(C)CN/C=C(/C#N)C(=O)Nc1cccc(Cl)c1Cl. The van der Waals surface area contributed by atoms with Crippen molar-refractivity contribution in [2.45, 2.75) is 13.8 Å². The molecule has 0 fully saturated rings. The Hall–Kier alpha value is -1.70. The summed E-state index contributed by atoms with van der Waals surface area (Å²) in [6, 6.07) is 6.73. The van der Waals surface area contributed by atoms with Crippen LogP contribution in [0, 0.1) is 17.2 Å². The average molecular weight is 312 g/mol. The molecule has 1 aromatic rings. The zero-order valence-electron chi connectivity index (χ0n) is 11.2. The molecule has 0 spiro atoms. The van der Waals surface area contributed by atoms with E-state index in [2.05, 4.69) is 10.6 Å². The quantitative estimate of drug-likeness (QED) is 0.645. The van der Waals surface area contributed by atoms with Crippen LogP contribution in [0.4, 0.5) is 5.69 Å². The second-order valence-corrected chi connectivity index (χ2v) is 5.31. The molecule has 20 heavy (non-hydrogen) atoms. The van der Waals surface area contributed by atoms with E-state index >= 15 is 0 Å². The van der Waals surface area contributed by atoms with Gasteiger partial charge < -0.3 is 10.6 Å². The van der Waals surface area contributed by atoms with Gasteiger partial charge in [0.25, 0.3) is 5.91 Å². The first-order chi connectivity index (χ1) is 9.45. The lowest BCUT2D eigenvalue weighted by Crippen LogP contribution is -2.19. The number of nitriles is 1. The van der Waals surface area contributed by atoms with Crippen molar-refractivity contribution in [2.75, 3.05) is 11.9 Å². The fourth-order valence-corrected chi connectivity index (χ4v) is 1.68. The van der Waals surface area contributed by atoms with E-state index in [0.29, 0.717) is 23.2 Å². The Labute approximate surface area is 128 Å². The molecule has 0 saturated heterocycles. The molecule has 106 valence electrons. The van der Waals surface area contributed by atoms with Crippen molar-refractivity contribution in [1.29, 1.82) is 5.26 Å². The van der Waals surface area contributed by atoms with Gasteiger partial charge in [0, 0.05) is 12.7 Å². The number of benzene rings is 1. The van der Waals surface area contributed by atoms with Gasteiger partial charge in [-0.15, -0.1) is 0 Å². The van der Waals surface area contributed by atoms with Crippen molar-refractivity contribution >= 4 is 34.8 Å². The Kier molecular flexibility index (Phi) is 6.37. The maximum absolute atomic E-state index is 11.9. The van der Waals surface area contributed by atoms with Crippen molar-refractivity contribution < 1.29 is 4.79 Å². The van der Waals surface area contributed by atoms with Gasteiger partial charge >= 0.3 is 0 Å². The topological polar surface area (TPSA) is 64.9 Å². The van der Waals surface area contributed by atoms with E-state index in [4.69, 9.17) is 28.5 Å². The number of nitrogens with zero attached hydrogens (tertiary/aromatic N) is 1. The highest BCUT2D eigenvalue weighted by Crippen LogP contribution is 2.29. The van der Waals surface area contributed by atoms with Crippen LogP contribution in [0.15, 0.2) is 30.0 Å². The standard InChI is InChI=1S/C14H15Cl2N3O/c1-9(2)7-18-8-10(6-17)14(20)19-12-5-3-4-11(15)13(12)16/h3-5,8-9,18H,7H2,1-2H3,(H,19,20)/b10-8-. The van der Waals surface area contributed by atoms with Crippen molar-refractivity contribution in [3.8, 4) is 6.07 Å². The highest BCUT2D eigenvalue weighted by molar-refractivity contribution is 6.44. The van der Waals surface area contributed by atoms with E-state index in [9.17, 15) is 4.79 Å². The van der Waals surface area contributed by atoms with Crippen LogP contribution in [-0.2, 0) is 4.79 Å². The Bertz CT molecular complexity index is 562. The number of rotatable bonds is 5. The average Bonchev–Trinajstić information content (AvgIpc) is 2.39. The second-order valence-electron chi connectivity index (χ2n) is 4.53. The first-order valence-corrected chi connectivity index (χ1v) is 6.80. The van der Waals surface area contributed by atoms with Crippen molar-refractivity contribution in [1.82, 2.24) is 5.32 Å². The number of nitrogens with one attached hydrogen (secondary N) is 2. The normalized spacial score (nSPS) is 11.1. The molecule has 0 bridgehead atoms. The summed E-state index contributed by atoms with van der Waals surface area (Å²) in [6.07, 6.45) is 1.40. The van der Waals surface area contributed by atoms with Gasteiger partial charge in [0.05, 0.1) is 15.7 Å². The molecule has 0 heterocycles. The minimum Gasteiger partial charge on any atom is -0.389 e. The minimum atomic E-state index is -0.534. The first-order valence-electron chi connectivity index (χ1n) is 6.04. The van der Waals surface area contributed by atoms with Gasteiger partial charge in [-0.3, -0.25) is 4.79 Å². The third-order valence-corrected chi connectivity index (χ3v) is 3.16. The molecule has 1 aromatic carbocycles. The van der Waals surface area contributed by atoms with E-state index in [-0.39, 0.29) is 10.6 Å². The van der Waals surface area contributed by atoms with Crippen LogP contribution >= 0.6 is 23.2 Å². The number of carbonyl (C=O) groups excluding carboxylic acids is 1. The summed E-state index contributed by atoms with van der Waals surface area (Å²) < 4.78 is 0. The van der Waals surface area contributed by atoms with Crippen LogP contribution < -0.4 is 10.6 Å². The third kappa shape index (κ3) is 4.76. The molecule has 0 unspecified atom stereocenters. The summed E-state index contributed by atoms with van der Waals surface area (Å²) in [4.78, 5) is 11.9. The Balaban J connectivity index is 2.78. The number of hydrogen-bond donors (Lipinski definition) is 2. The summed E-state index contributed by atoms with van der Waals surface area (Å²) in [6.45, 7) is 4.73.